The van der Waals surface area contributed by atoms with E-state index in [9.17, 15) is 14.4 Å². The van der Waals surface area contributed by atoms with Crippen LogP contribution in [0.3, 0.4) is 0 Å². The van der Waals surface area contributed by atoms with Gasteiger partial charge in [0.25, 0.3) is 0 Å². The minimum absolute atomic E-state index is 0. The number of hydrogen-bond acceptors (Lipinski definition) is 9. The molecule has 14 N–H and O–H groups in total. The Balaban J connectivity index is 0. The molecule has 2 atom stereocenters. The average Bonchev–Trinajstić information content (AvgIpc) is 3.01. The molecule has 3 amide bonds. The van der Waals surface area contributed by atoms with E-state index in [4.69, 9.17) is 39.1 Å². The van der Waals surface area contributed by atoms with Gasteiger partial charge < -0.3 is 54.7 Å². The van der Waals surface area contributed by atoms with Crippen molar-refractivity contribution in [3.8, 4) is 0 Å². The first kappa shape index (κ1) is 49.7. The highest BCUT2D eigenvalue weighted by atomic mass is 35.5. The molecule has 0 aromatic carbocycles. The van der Waals surface area contributed by atoms with E-state index in [0.717, 1.165) is 77.3 Å². The van der Waals surface area contributed by atoms with E-state index in [1.807, 2.05) is 20.8 Å². The van der Waals surface area contributed by atoms with Crippen LogP contribution >= 0.6 is 12.4 Å². The number of rotatable bonds is 17. The molecule has 0 aromatic rings. The Labute approximate surface area is 312 Å². The number of guanidine groups is 1. The molecule has 2 rings (SSSR count). The van der Waals surface area contributed by atoms with E-state index in [1.165, 1.54) is 6.42 Å². The number of nitrogens with two attached hydrogens (primary N) is 6. The molecular weight excluding hydrogens is 676 g/mol. The number of alkyl carbamates (subject to hydrolysis) is 1. The predicted molar refractivity (Wildman–Crippen MR) is 211 cm³/mol. The van der Waals surface area contributed by atoms with Crippen molar-refractivity contribution in [2.24, 2.45) is 55.3 Å². The molecule has 0 radical (unpaired) electrons. The summed E-state index contributed by atoms with van der Waals surface area (Å²) < 4.78 is 5.08. The van der Waals surface area contributed by atoms with Gasteiger partial charge in [0.15, 0.2) is 5.96 Å². The number of aliphatic imine (C=N–C) groups is 3. The van der Waals surface area contributed by atoms with Crippen LogP contribution in [0.1, 0.15) is 112 Å². The summed E-state index contributed by atoms with van der Waals surface area (Å²) in [6, 6.07) is -0.824. The van der Waals surface area contributed by atoms with E-state index in [2.05, 4.69) is 25.6 Å². The Kier molecular flexibility index (Phi) is 28.5. The first-order valence-corrected chi connectivity index (χ1v) is 18.2. The molecule has 16 nitrogen and oxygen atoms in total. The Morgan fingerprint density at radius 3 is 1.75 bits per heavy atom. The van der Waals surface area contributed by atoms with Crippen LogP contribution in [0.15, 0.2) is 15.0 Å². The van der Waals surface area contributed by atoms with E-state index < -0.39 is 11.6 Å². The number of nitrogens with zero attached hydrogens (tertiary/aromatic N) is 4. The van der Waals surface area contributed by atoms with E-state index in [-0.39, 0.29) is 48.2 Å². The van der Waals surface area contributed by atoms with Crippen LogP contribution in [0.2, 0.25) is 0 Å². The minimum atomic E-state index is -0.463. The largest absolute Gasteiger partial charge is 0.444 e. The second-order valence-electron chi connectivity index (χ2n) is 13.7. The monoisotopic (exact) mass is 747 g/mol. The fourth-order valence-electron chi connectivity index (χ4n) is 5.09. The quantitative estimate of drug-likeness (QED) is 0.0607. The van der Waals surface area contributed by atoms with E-state index in [1.54, 1.807) is 18.7 Å². The minimum Gasteiger partial charge on any atom is -0.444 e. The van der Waals surface area contributed by atoms with Gasteiger partial charge in [-0.05, 0) is 105 Å². The topological polar surface area (TPSA) is 281 Å². The molecule has 2 aliphatic rings. The molecule has 1 aliphatic heterocycles. The lowest BCUT2D eigenvalue weighted by Gasteiger charge is -2.42. The summed E-state index contributed by atoms with van der Waals surface area (Å²) in [5, 5.41) is 5.58. The summed E-state index contributed by atoms with van der Waals surface area (Å²) in [7, 11) is 0. The maximum atomic E-state index is 12.6. The molecule has 298 valence electrons. The molecule has 1 saturated carbocycles. The third kappa shape index (κ3) is 27.0. The van der Waals surface area contributed by atoms with Crippen molar-refractivity contribution in [3.63, 3.8) is 0 Å². The van der Waals surface area contributed by atoms with Crippen molar-refractivity contribution >= 4 is 47.9 Å². The lowest BCUT2D eigenvalue weighted by atomic mass is 9.83. The molecule has 1 saturated heterocycles. The Morgan fingerprint density at radius 1 is 0.784 bits per heavy atom. The number of nitrogens with one attached hydrogen (secondary N) is 2. The molecular formula is C34H71ClN12O4. The lowest BCUT2D eigenvalue weighted by molar-refractivity contribution is -0.149. The first-order valence-electron chi connectivity index (χ1n) is 18.2. The zero-order valence-electron chi connectivity index (χ0n) is 32.0. The number of likely N-dealkylation sites (tertiary alicyclic amines) is 1. The summed E-state index contributed by atoms with van der Waals surface area (Å²) >= 11 is 0. The van der Waals surface area contributed by atoms with E-state index in [0.29, 0.717) is 50.8 Å². The van der Waals surface area contributed by atoms with Gasteiger partial charge in [0.2, 0.25) is 11.8 Å². The highest BCUT2D eigenvalue weighted by molar-refractivity contribution is 5.91. The molecule has 0 aromatic heterocycles. The molecule has 1 heterocycles. The number of amides is 3. The van der Waals surface area contributed by atoms with Gasteiger partial charge in [-0.15, -0.1) is 12.4 Å². The van der Waals surface area contributed by atoms with Gasteiger partial charge in [-0.25, -0.2) is 4.79 Å². The molecule has 0 bridgehead atoms. The Hall–Kier alpha value is -3.37. The van der Waals surface area contributed by atoms with Crippen molar-refractivity contribution < 1.29 is 19.1 Å². The van der Waals surface area contributed by atoms with Crippen LogP contribution in [0.5, 0.6) is 0 Å². The number of carbonyl (C=O) groups excluding carboxylic acids is 3. The molecule has 1 aliphatic carbocycles. The zero-order chi connectivity index (χ0) is 38.0. The molecule has 2 fully saturated rings. The van der Waals surface area contributed by atoms with Crippen LogP contribution < -0.4 is 45.0 Å². The third-order valence-electron chi connectivity index (χ3n) is 7.81. The molecule has 17 heteroatoms. The third-order valence-corrected chi connectivity index (χ3v) is 7.81. The average molecular weight is 747 g/mol. The number of carbonyl (C=O) groups is 3. The van der Waals surface area contributed by atoms with Crippen LogP contribution in [0, 0.1) is 5.92 Å². The summed E-state index contributed by atoms with van der Waals surface area (Å²) in [6.07, 6.45) is 11.4. The summed E-state index contributed by atoms with van der Waals surface area (Å²) in [6.45, 7) is 13.7. The summed E-state index contributed by atoms with van der Waals surface area (Å²) in [4.78, 5) is 49.7. The summed E-state index contributed by atoms with van der Waals surface area (Å²) in [5.41, 5.74) is 32.2. The normalized spacial score (nSPS) is 16.8. The second kappa shape index (κ2) is 29.2. The SMILES string of the molecule is CC(N)=NCCCCN.CC(N)=NCCCCNC(=O)OC(C)(C)C.Cl.NC(N)=NCCCCNC(=O)[C@@H]1CCN1C(=O)[C@H](N)C1CCCCC1. The van der Waals surface area contributed by atoms with Crippen molar-refractivity contribution in [1.29, 1.82) is 0 Å². The maximum absolute atomic E-state index is 12.6. The van der Waals surface area contributed by atoms with Crippen LogP contribution in [-0.4, -0.2) is 104 Å². The maximum Gasteiger partial charge on any atom is 0.407 e. The number of unbranched alkanes of at least 4 members (excludes halogenated alkanes) is 3. The van der Waals surface area contributed by atoms with Crippen molar-refractivity contribution in [3.05, 3.63) is 0 Å². The van der Waals surface area contributed by atoms with Gasteiger partial charge in [-0.3, -0.25) is 24.6 Å². The highest BCUT2D eigenvalue weighted by Crippen LogP contribution is 2.28. The van der Waals surface area contributed by atoms with Crippen molar-refractivity contribution in [2.75, 3.05) is 45.8 Å². The van der Waals surface area contributed by atoms with Gasteiger partial charge in [0, 0.05) is 39.3 Å². The van der Waals surface area contributed by atoms with E-state index >= 15 is 0 Å². The number of ether oxygens (including phenoxy) is 1. The number of amidine groups is 2. The van der Waals surface area contributed by atoms with Gasteiger partial charge in [0.05, 0.1) is 17.7 Å². The second-order valence-corrected chi connectivity index (χ2v) is 13.7. The fraction of sp³-hybridized carbons (Fsp3) is 0.824. The number of halogens is 1. The van der Waals surface area contributed by atoms with Gasteiger partial charge in [-0.1, -0.05) is 19.3 Å². The molecule has 0 unspecified atom stereocenters. The number of hydrogen-bond donors (Lipinski definition) is 8. The lowest BCUT2D eigenvalue weighted by Crippen LogP contribution is -2.62. The predicted octanol–water partition coefficient (Wildman–Crippen LogP) is 1.86. The van der Waals surface area contributed by atoms with Gasteiger partial charge in [-0.2, -0.15) is 0 Å². The van der Waals surface area contributed by atoms with Crippen LogP contribution in [-0.2, 0) is 14.3 Å². The van der Waals surface area contributed by atoms with Gasteiger partial charge >= 0.3 is 6.09 Å². The van der Waals surface area contributed by atoms with Crippen LogP contribution in [0.4, 0.5) is 4.79 Å². The highest BCUT2D eigenvalue weighted by Gasteiger charge is 2.41. The summed E-state index contributed by atoms with van der Waals surface area (Å²) in [5.74, 6) is 1.46. The molecule has 51 heavy (non-hydrogen) atoms. The van der Waals surface area contributed by atoms with Crippen molar-refractivity contribution in [1.82, 2.24) is 15.5 Å². The Bertz CT molecular complexity index is 1050. The fourth-order valence-corrected chi connectivity index (χ4v) is 5.09. The zero-order valence-corrected chi connectivity index (χ0v) is 32.8. The van der Waals surface area contributed by atoms with Gasteiger partial charge in [0.1, 0.15) is 11.6 Å². The first-order chi connectivity index (χ1) is 23.6. The Morgan fingerprint density at radius 2 is 1.29 bits per heavy atom. The van der Waals surface area contributed by atoms with Crippen molar-refractivity contribution in [2.45, 2.75) is 129 Å². The van der Waals surface area contributed by atoms with Crippen LogP contribution in [0.25, 0.3) is 0 Å². The molecule has 0 spiro atoms. The smallest absolute Gasteiger partial charge is 0.407 e. The standard InChI is InChI=1S/C17H32N6O2.C11H23N3O2.C6H15N3.ClH/c18-14(12-6-2-1-3-7-12)16(25)23-11-8-13(23)15(24)21-9-4-5-10-22-17(19)20;1-9(12)13-7-5-6-8-14-10(15)16-11(2,3)4;1-6(8)9-5-3-2-4-7;/h12-14H,1-11,18H2,(H,21,24)(H4,19,20,22);5-8H2,1-4H3,(H2,12,13)(H,14,15);2-5,7H2,1H3,(H2,8,9);1H/t13-,14+;;;/m0.../s1.